The van der Waals surface area contributed by atoms with Crippen LogP contribution in [0.25, 0.3) is 5.78 Å². The van der Waals surface area contributed by atoms with Gasteiger partial charge in [0, 0.05) is 22.6 Å². The summed E-state index contributed by atoms with van der Waals surface area (Å²) in [5.74, 6) is -8.46. The lowest BCUT2D eigenvalue weighted by atomic mass is 10.0. The third-order valence-corrected chi connectivity index (χ3v) is 10.1. The molecule has 258 valence electrons. The van der Waals surface area contributed by atoms with Crippen molar-refractivity contribution in [1.82, 2.24) is 34.8 Å². The van der Waals surface area contributed by atoms with E-state index in [1.54, 1.807) is 13.0 Å². The van der Waals surface area contributed by atoms with Crippen LogP contribution in [0.15, 0.2) is 45.0 Å². The van der Waals surface area contributed by atoms with Crippen molar-refractivity contribution in [3.8, 4) is 17.2 Å². The lowest BCUT2D eigenvalue weighted by molar-refractivity contribution is -0.150. The number of aromatic carboxylic acids is 1. The number of aryl methyl sites for hydroxylation is 1. The minimum Gasteiger partial charge on any atom is -0.504 e. The van der Waals surface area contributed by atoms with Gasteiger partial charge < -0.3 is 41.4 Å². The minimum atomic E-state index is -1.38. The number of amides is 2. The molecule has 2 amide bonds. The van der Waals surface area contributed by atoms with Crippen molar-refractivity contribution in [2.75, 3.05) is 17.2 Å². The number of aliphatic carboxylic acids is 1. The Balaban J connectivity index is 1.20. The Hall–Kier alpha value is -5.94. The van der Waals surface area contributed by atoms with Gasteiger partial charge in [0.25, 0.3) is 23.4 Å². The molecule has 0 saturated carbocycles. The molecule has 8 N–H and O–H groups in total. The molecule has 3 aromatic heterocycles. The number of carbonyl (C=O) groups excluding carboxylic acids is 3. The minimum absolute atomic E-state index is 0.0318. The summed E-state index contributed by atoms with van der Waals surface area (Å²) < 4.78 is 1.23. The molecule has 1 aromatic carbocycles. The molecule has 0 unspecified atom stereocenters. The average Bonchev–Trinajstić information content (AvgIpc) is 3.70. The van der Waals surface area contributed by atoms with E-state index in [0.717, 1.165) is 40.1 Å². The van der Waals surface area contributed by atoms with E-state index in [-0.39, 0.29) is 33.8 Å². The van der Waals surface area contributed by atoms with Crippen molar-refractivity contribution in [2.45, 2.75) is 23.4 Å². The van der Waals surface area contributed by atoms with Crippen LogP contribution in [0, 0.1) is 6.92 Å². The number of carboxylic acid groups (broad SMARTS) is 2. The highest BCUT2D eigenvalue weighted by Gasteiger charge is 2.54. The van der Waals surface area contributed by atoms with Crippen molar-refractivity contribution >= 4 is 81.2 Å². The first-order valence-corrected chi connectivity index (χ1v) is 16.7. The molecule has 2 aliphatic heterocycles. The fraction of sp³-hybridized carbons (Fsp3) is 0.185. The summed E-state index contributed by atoms with van der Waals surface area (Å²) in [6.45, 7) is 1.67. The van der Waals surface area contributed by atoms with Crippen molar-refractivity contribution < 1.29 is 54.3 Å². The van der Waals surface area contributed by atoms with Gasteiger partial charge in [0.05, 0.1) is 5.56 Å². The van der Waals surface area contributed by atoms with E-state index < -0.39 is 75.5 Å². The second-order valence-electron chi connectivity index (χ2n) is 10.3. The Morgan fingerprint density at radius 1 is 1.10 bits per heavy atom. The van der Waals surface area contributed by atoms with Gasteiger partial charge in [-0.2, -0.15) is 9.50 Å². The van der Waals surface area contributed by atoms with Crippen LogP contribution in [-0.4, -0.2) is 113 Å². The molecule has 0 radical (unpaired) electrons. The lowest BCUT2D eigenvalue weighted by Crippen LogP contribution is -2.71. The highest BCUT2D eigenvalue weighted by Crippen LogP contribution is 2.42. The van der Waals surface area contributed by atoms with Crippen LogP contribution in [0.5, 0.6) is 17.2 Å². The number of carbonyl (C=O) groups is 5. The van der Waals surface area contributed by atoms with Crippen molar-refractivity contribution in [3.63, 3.8) is 0 Å². The van der Waals surface area contributed by atoms with Gasteiger partial charge >= 0.3 is 17.9 Å². The van der Waals surface area contributed by atoms with Crippen molar-refractivity contribution in [1.29, 1.82) is 0 Å². The zero-order valence-corrected chi connectivity index (χ0v) is 27.4. The number of thioether (sulfide) groups is 2. The molecule has 0 bridgehead atoms. The number of β-lactam (4-membered cyclic amide) rings is 1. The van der Waals surface area contributed by atoms with Crippen molar-refractivity contribution in [3.05, 3.63) is 57.6 Å². The number of nitrogens with one attached hydrogen (secondary N) is 1. The largest absolute Gasteiger partial charge is 0.504 e. The number of phenols is 3. The van der Waals surface area contributed by atoms with Gasteiger partial charge in [-0.15, -0.1) is 40.0 Å². The molecule has 1 fully saturated rings. The Bertz CT molecular complexity index is 2180. The molecule has 4 aromatic rings. The van der Waals surface area contributed by atoms with Crippen LogP contribution in [0.4, 0.5) is 5.13 Å². The maximum atomic E-state index is 13.4. The number of rotatable bonds is 10. The predicted molar refractivity (Wildman–Crippen MR) is 173 cm³/mol. The first-order chi connectivity index (χ1) is 23.7. The zero-order chi connectivity index (χ0) is 36.0. The van der Waals surface area contributed by atoms with Gasteiger partial charge in [-0.05, 0) is 30.7 Å². The van der Waals surface area contributed by atoms with E-state index in [9.17, 15) is 49.5 Å². The molecule has 5 heterocycles. The second-order valence-corrected chi connectivity index (χ2v) is 13.3. The van der Waals surface area contributed by atoms with Crippen LogP contribution in [0.1, 0.15) is 32.4 Å². The number of thiazole rings is 1. The van der Waals surface area contributed by atoms with Gasteiger partial charge in [-0.1, -0.05) is 5.16 Å². The number of benzene rings is 1. The number of fused-ring (bicyclic) bond motifs is 2. The first-order valence-electron chi connectivity index (χ1n) is 13.8. The summed E-state index contributed by atoms with van der Waals surface area (Å²) >= 11 is 3.26. The number of nitrogens with zero attached hydrogens (tertiary/aromatic N) is 7. The highest BCUT2D eigenvalue weighted by molar-refractivity contribution is 8.01. The summed E-state index contributed by atoms with van der Waals surface area (Å²) in [6, 6.07) is 1.99. The molecule has 2 aliphatic rings. The standard InChI is InChI=1S/C27H21N9O11S3/c1-8-2-14(36-27(29-8)32-19(33-36)24(44)45)48-5-10-6-49-22-16(21(41)35(22)17(10)23(42)43)31-20(40)15(11-7-50-26(28)30-11)34-47-25(46)9-3-12(37)18(39)13(38)4-9/h2-4,7,16,22,37-39H,5-6H2,1H3,(H2,28,30)(H,31,40)(H,42,43)(H,44,45)/t16-,22-/m1/s1. The quantitative estimate of drug-likeness (QED) is 0.0220. The van der Waals surface area contributed by atoms with Crippen LogP contribution >= 0.6 is 34.9 Å². The smallest absolute Gasteiger partial charge is 0.375 e. The van der Waals surface area contributed by atoms with Gasteiger partial charge in [-0.3, -0.25) is 14.5 Å². The topological polar surface area (TPSA) is 305 Å². The van der Waals surface area contributed by atoms with E-state index in [1.807, 2.05) is 0 Å². The normalized spacial score (nSPS) is 17.3. The molecular formula is C27H21N9O11S3. The highest BCUT2D eigenvalue weighted by atomic mass is 32.2. The monoisotopic (exact) mass is 743 g/mol. The first kappa shape index (κ1) is 33.9. The van der Waals surface area contributed by atoms with Crippen LogP contribution in [-0.2, 0) is 19.2 Å². The van der Waals surface area contributed by atoms with Crippen LogP contribution in [0.3, 0.4) is 0 Å². The summed E-state index contributed by atoms with van der Waals surface area (Å²) in [5.41, 5.74) is 5.18. The van der Waals surface area contributed by atoms with E-state index in [1.165, 1.54) is 21.7 Å². The lowest BCUT2D eigenvalue weighted by Gasteiger charge is -2.49. The third-order valence-electron chi connectivity index (χ3n) is 7.03. The SMILES string of the molecule is Cc1cc(SCC2=C(C(=O)O)N3C(=O)[C@@H](NC(=O)C(=NOC(=O)c4cc(O)c(O)c(O)c4)c4csc(N)n4)[C@H]3SC2)n2nc(C(=O)O)nc2n1. The number of nitrogen functional groups attached to an aromatic ring is 1. The van der Waals surface area contributed by atoms with E-state index in [4.69, 9.17) is 10.6 Å². The Morgan fingerprint density at radius 2 is 1.82 bits per heavy atom. The molecule has 2 atom stereocenters. The molecule has 0 aliphatic carbocycles. The van der Waals surface area contributed by atoms with Crippen molar-refractivity contribution in [2.24, 2.45) is 5.16 Å². The fourth-order valence-corrected chi connectivity index (χ4v) is 7.86. The summed E-state index contributed by atoms with van der Waals surface area (Å²) in [6.07, 6.45) is 0. The number of hydrogen-bond donors (Lipinski definition) is 7. The van der Waals surface area contributed by atoms with Gasteiger partial charge in [-0.25, -0.2) is 24.4 Å². The van der Waals surface area contributed by atoms with Gasteiger partial charge in [0.2, 0.25) is 0 Å². The number of oxime groups is 1. The summed E-state index contributed by atoms with van der Waals surface area (Å²) in [5, 5.41) is 59.3. The maximum absolute atomic E-state index is 13.4. The number of anilines is 1. The number of aromatic hydroxyl groups is 3. The third kappa shape index (κ3) is 6.30. The number of hydrogen-bond acceptors (Lipinski definition) is 18. The average molecular weight is 744 g/mol. The number of aromatic nitrogens is 5. The van der Waals surface area contributed by atoms with E-state index in [2.05, 4.69) is 30.5 Å². The van der Waals surface area contributed by atoms with Gasteiger partial charge in [0.1, 0.15) is 27.8 Å². The molecular weight excluding hydrogens is 723 g/mol. The predicted octanol–water partition coefficient (Wildman–Crippen LogP) is 0.378. The summed E-state index contributed by atoms with van der Waals surface area (Å²) in [4.78, 5) is 81.0. The van der Waals surface area contributed by atoms with Crippen LogP contribution in [0.2, 0.25) is 0 Å². The number of carboxylic acids is 2. The zero-order valence-electron chi connectivity index (χ0n) is 25.0. The molecule has 1 saturated heterocycles. The summed E-state index contributed by atoms with van der Waals surface area (Å²) in [7, 11) is 0. The fourth-order valence-electron chi connectivity index (χ4n) is 4.78. The Kier molecular flexibility index (Phi) is 8.94. The molecule has 0 spiro atoms. The number of nitrogens with two attached hydrogens (primary N) is 1. The Labute approximate surface area is 290 Å². The Morgan fingerprint density at radius 3 is 2.46 bits per heavy atom. The molecule has 50 heavy (non-hydrogen) atoms. The molecule has 23 heteroatoms. The number of phenolic OH excluding ortho intramolecular Hbond substituents is 3. The van der Waals surface area contributed by atoms with Gasteiger partial charge in [0.15, 0.2) is 28.1 Å². The maximum Gasteiger partial charge on any atom is 0.375 e. The van der Waals surface area contributed by atoms with E-state index >= 15 is 0 Å². The molecule has 20 nitrogen and oxygen atoms in total. The molecule has 6 rings (SSSR count). The van der Waals surface area contributed by atoms with E-state index in [0.29, 0.717) is 16.3 Å². The van der Waals surface area contributed by atoms with Crippen LogP contribution < -0.4 is 11.1 Å². The second kappa shape index (κ2) is 13.2.